The van der Waals surface area contributed by atoms with Crippen LogP contribution in [0.5, 0.6) is 11.5 Å². The molecule has 3 aromatic rings. The van der Waals surface area contributed by atoms with Crippen LogP contribution < -0.4 is 20.1 Å². The van der Waals surface area contributed by atoms with Crippen LogP contribution in [0.1, 0.15) is 12.8 Å². The maximum absolute atomic E-state index is 13.5. The molecule has 0 bridgehead atoms. The fourth-order valence-electron chi connectivity index (χ4n) is 3.94. The molecule has 4 rings (SSSR count). The molecular formula is C23H25ClFN5O3. The van der Waals surface area contributed by atoms with E-state index in [0.29, 0.717) is 40.3 Å². The van der Waals surface area contributed by atoms with Crippen molar-refractivity contribution in [1.29, 1.82) is 0 Å². The van der Waals surface area contributed by atoms with Gasteiger partial charge in [-0.2, -0.15) is 0 Å². The summed E-state index contributed by atoms with van der Waals surface area (Å²) in [4.78, 5) is 22.9. The van der Waals surface area contributed by atoms with E-state index in [2.05, 4.69) is 20.6 Å². The number of halogens is 2. The predicted octanol–water partition coefficient (Wildman–Crippen LogP) is 3.76. The van der Waals surface area contributed by atoms with Gasteiger partial charge >= 0.3 is 0 Å². The number of rotatable bonds is 6. The van der Waals surface area contributed by atoms with Gasteiger partial charge in [0, 0.05) is 37.2 Å². The Kier molecular flexibility index (Phi) is 6.80. The van der Waals surface area contributed by atoms with Gasteiger partial charge in [0.25, 0.3) is 0 Å². The molecule has 0 aliphatic carbocycles. The highest BCUT2D eigenvalue weighted by molar-refractivity contribution is 6.31. The number of hydrogen-bond donors (Lipinski definition) is 2. The minimum atomic E-state index is -0.497. The number of likely N-dealkylation sites (N-methyl/N-ethyl adjacent to an activating group) is 2. The maximum Gasteiger partial charge on any atom is 0.237 e. The highest BCUT2D eigenvalue weighted by atomic mass is 35.5. The van der Waals surface area contributed by atoms with Gasteiger partial charge < -0.3 is 20.1 Å². The lowest BCUT2D eigenvalue weighted by atomic mass is 9.99. The summed E-state index contributed by atoms with van der Waals surface area (Å²) in [5, 5.41) is 6.59. The van der Waals surface area contributed by atoms with Crippen LogP contribution in [0.25, 0.3) is 10.9 Å². The van der Waals surface area contributed by atoms with Crippen molar-refractivity contribution in [1.82, 2.24) is 20.2 Å². The van der Waals surface area contributed by atoms with Gasteiger partial charge in [0.2, 0.25) is 5.91 Å². The second-order valence-electron chi connectivity index (χ2n) is 7.87. The lowest BCUT2D eigenvalue weighted by Gasteiger charge is -2.36. The van der Waals surface area contributed by atoms with Crippen LogP contribution in [-0.4, -0.2) is 60.7 Å². The van der Waals surface area contributed by atoms with Crippen LogP contribution in [-0.2, 0) is 4.79 Å². The Morgan fingerprint density at radius 3 is 2.79 bits per heavy atom. The van der Waals surface area contributed by atoms with Gasteiger partial charge in [-0.25, -0.2) is 14.4 Å². The van der Waals surface area contributed by atoms with Gasteiger partial charge in [-0.1, -0.05) is 11.6 Å². The summed E-state index contributed by atoms with van der Waals surface area (Å²) in [6.07, 6.45) is 2.60. The summed E-state index contributed by atoms with van der Waals surface area (Å²) in [7, 11) is 5.14. The van der Waals surface area contributed by atoms with Crippen molar-refractivity contribution in [2.75, 3.05) is 33.1 Å². The SMILES string of the molecule is CNC(=O)[C@H]1C[C@H](Oc2cc3c(Nc4ccc(F)c(Cl)c4)ncnc3cc2OC)CCN1C. The van der Waals surface area contributed by atoms with Gasteiger partial charge in [0.05, 0.1) is 23.7 Å². The maximum atomic E-state index is 13.5. The minimum absolute atomic E-state index is 0.0111. The number of benzene rings is 2. The monoisotopic (exact) mass is 473 g/mol. The number of fused-ring (bicyclic) bond motifs is 1. The Balaban J connectivity index is 1.64. The second kappa shape index (κ2) is 9.76. The summed E-state index contributed by atoms with van der Waals surface area (Å²) >= 11 is 5.91. The number of carbonyl (C=O) groups excluding carboxylic acids is 1. The summed E-state index contributed by atoms with van der Waals surface area (Å²) in [5.41, 5.74) is 1.24. The molecule has 1 fully saturated rings. The summed E-state index contributed by atoms with van der Waals surface area (Å²) < 4.78 is 25.4. The molecule has 2 heterocycles. The highest BCUT2D eigenvalue weighted by Crippen LogP contribution is 2.36. The van der Waals surface area contributed by atoms with Crippen molar-refractivity contribution in [3.63, 3.8) is 0 Å². The van der Waals surface area contributed by atoms with Gasteiger partial charge in [-0.3, -0.25) is 9.69 Å². The number of ether oxygens (including phenoxy) is 2. The van der Waals surface area contributed by atoms with Crippen molar-refractivity contribution in [2.24, 2.45) is 0 Å². The number of aromatic nitrogens is 2. The van der Waals surface area contributed by atoms with E-state index in [4.69, 9.17) is 21.1 Å². The number of hydrogen-bond acceptors (Lipinski definition) is 7. The van der Waals surface area contributed by atoms with E-state index in [1.165, 1.54) is 18.5 Å². The minimum Gasteiger partial charge on any atom is -0.493 e. The Morgan fingerprint density at radius 2 is 2.06 bits per heavy atom. The fraction of sp³-hybridized carbons (Fsp3) is 0.348. The fourth-order valence-corrected chi connectivity index (χ4v) is 4.12. The second-order valence-corrected chi connectivity index (χ2v) is 8.28. The number of amides is 1. The van der Waals surface area contributed by atoms with E-state index in [0.717, 1.165) is 13.0 Å². The van der Waals surface area contributed by atoms with Crippen LogP contribution in [0.2, 0.25) is 5.02 Å². The van der Waals surface area contributed by atoms with E-state index < -0.39 is 5.82 Å². The van der Waals surface area contributed by atoms with Crippen LogP contribution >= 0.6 is 11.6 Å². The Morgan fingerprint density at radius 1 is 1.24 bits per heavy atom. The predicted molar refractivity (Wildman–Crippen MR) is 125 cm³/mol. The van der Waals surface area contributed by atoms with E-state index >= 15 is 0 Å². The molecule has 2 atom stereocenters. The first-order chi connectivity index (χ1) is 15.9. The molecule has 2 N–H and O–H groups in total. The van der Waals surface area contributed by atoms with Crippen LogP contribution in [0.3, 0.4) is 0 Å². The van der Waals surface area contributed by atoms with E-state index in [1.807, 2.05) is 18.0 Å². The molecule has 0 spiro atoms. The van der Waals surface area contributed by atoms with Gasteiger partial charge in [0.15, 0.2) is 11.5 Å². The number of likely N-dealkylation sites (tertiary alicyclic amines) is 1. The Bertz CT molecular complexity index is 1180. The summed E-state index contributed by atoms with van der Waals surface area (Å²) in [6.45, 7) is 0.736. The van der Waals surface area contributed by atoms with Crippen LogP contribution in [0, 0.1) is 5.82 Å². The third kappa shape index (κ3) is 4.94. The quantitative estimate of drug-likeness (QED) is 0.563. The average Bonchev–Trinajstić information content (AvgIpc) is 2.82. The lowest BCUT2D eigenvalue weighted by molar-refractivity contribution is -0.127. The molecule has 1 aliphatic heterocycles. The number of methoxy groups -OCH3 is 1. The van der Waals surface area contributed by atoms with Crippen molar-refractivity contribution in [3.8, 4) is 11.5 Å². The molecule has 0 saturated carbocycles. The van der Waals surface area contributed by atoms with Crippen molar-refractivity contribution >= 4 is 39.9 Å². The zero-order valence-corrected chi connectivity index (χ0v) is 19.3. The number of nitrogens with one attached hydrogen (secondary N) is 2. The first-order valence-corrected chi connectivity index (χ1v) is 10.9. The first kappa shape index (κ1) is 23.0. The first-order valence-electron chi connectivity index (χ1n) is 10.5. The zero-order chi connectivity index (χ0) is 23.5. The summed E-state index contributed by atoms with van der Waals surface area (Å²) in [6, 6.07) is 7.68. The average molecular weight is 474 g/mol. The molecule has 1 aliphatic rings. The van der Waals surface area contributed by atoms with E-state index in [9.17, 15) is 9.18 Å². The Labute approximate surface area is 196 Å². The molecular weight excluding hydrogens is 449 g/mol. The van der Waals surface area contributed by atoms with Crippen molar-refractivity contribution in [3.05, 3.63) is 47.5 Å². The third-order valence-corrected chi connectivity index (χ3v) is 6.06. The molecule has 0 unspecified atom stereocenters. The molecule has 10 heteroatoms. The Hall–Kier alpha value is -3.17. The number of anilines is 2. The summed E-state index contributed by atoms with van der Waals surface area (Å²) in [5.74, 6) is 1.05. The van der Waals surface area contributed by atoms with Gasteiger partial charge in [-0.05, 0) is 37.7 Å². The van der Waals surface area contributed by atoms with Crippen molar-refractivity contribution in [2.45, 2.75) is 25.0 Å². The smallest absolute Gasteiger partial charge is 0.237 e. The zero-order valence-electron chi connectivity index (χ0n) is 18.6. The van der Waals surface area contributed by atoms with E-state index in [1.54, 1.807) is 26.3 Å². The molecule has 174 valence electrons. The largest absolute Gasteiger partial charge is 0.493 e. The van der Waals surface area contributed by atoms with Crippen LogP contribution in [0.15, 0.2) is 36.7 Å². The number of nitrogens with zero attached hydrogens (tertiary/aromatic N) is 3. The van der Waals surface area contributed by atoms with Gasteiger partial charge in [-0.15, -0.1) is 0 Å². The number of piperidine rings is 1. The molecule has 8 nitrogen and oxygen atoms in total. The van der Waals surface area contributed by atoms with E-state index in [-0.39, 0.29) is 23.1 Å². The number of carbonyl (C=O) groups is 1. The topological polar surface area (TPSA) is 88.6 Å². The van der Waals surface area contributed by atoms with Crippen molar-refractivity contribution < 1.29 is 18.7 Å². The molecule has 1 aromatic heterocycles. The standard InChI is InChI=1S/C23H25ClFN5O3/c1-26-23(31)19-9-14(6-7-30(19)2)33-21-10-15-18(11-20(21)32-3)27-12-28-22(15)29-13-4-5-17(25)16(24)8-13/h4-5,8,10-12,14,19H,6-7,9H2,1-3H3,(H,26,31)(H,27,28,29)/t14-,19-/m1/s1. The third-order valence-electron chi connectivity index (χ3n) is 5.77. The molecule has 2 aromatic carbocycles. The highest BCUT2D eigenvalue weighted by Gasteiger charge is 2.32. The lowest BCUT2D eigenvalue weighted by Crippen LogP contribution is -2.51. The molecule has 1 saturated heterocycles. The molecule has 1 amide bonds. The molecule has 33 heavy (non-hydrogen) atoms. The normalized spacial score (nSPS) is 18.7. The van der Waals surface area contributed by atoms with Gasteiger partial charge in [0.1, 0.15) is 24.1 Å². The van der Waals surface area contributed by atoms with Crippen LogP contribution in [0.4, 0.5) is 15.9 Å². The molecule has 0 radical (unpaired) electrons.